The minimum absolute atomic E-state index is 0.0275. The topological polar surface area (TPSA) is 51.2 Å². The average molecular weight is 403 g/mol. The van der Waals surface area contributed by atoms with E-state index in [1.165, 1.54) is 43.6 Å². The zero-order valence-electron chi connectivity index (χ0n) is 17.6. The Kier molecular flexibility index (Phi) is 6.63. The summed E-state index contributed by atoms with van der Waals surface area (Å²) in [7, 11) is 0. The predicted octanol–water partition coefficient (Wildman–Crippen LogP) is 6.15. The highest BCUT2D eigenvalue weighted by Crippen LogP contribution is 2.31. The zero-order valence-corrected chi connectivity index (χ0v) is 17.6. The molecule has 1 heterocycles. The number of nitrogens with zero attached hydrogens (tertiary/aromatic N) is 1. The highest BCUT2D eigenvalue weighted by Gasteiger charge is 2.22. The molecule has 0 spiro atoms. The van der Waals surface area contributed by atoms with E-state index < -0.39 is 0 Å². The third-order valence-corrected chi connectivity index (χ3v) is 6.06. The molecule has 1 N–H and O–H groups in total. The second-order valence-electron chi connectivity index (χ2n) is 8.42. The maximum Gasteiger partial charge on any atom is 0.221 e. The van der Waals surface area contributed by atoms with Crippen molar-refractivity contribution < 1.29 is 9.53 Å². The molecule has 2 aromatic carbocycles. The molecule has 1 fully saturated rings. The smallest absolute Gasteiger partial charge is 0.221 e. The summed E-state index contributed by atoms with van der Waals surface area (Å²) in [4.78, 5) is 15.3. The first-order valence-electron chi connectivity index (χ1n) is 11.0. The van der Waals surface area contributed by atoms with Gasteiger partial charge in [0.15, 0.2) is 0 Å². The van der Waals surface area contributed by atoms with Crippen LogP contribution in [0.4, 0.5) is 5.69 Å². The van der Waals surface area contributed by atoms with Crippen LogP contribution in [0.5, 0.6) is 5.75 Å². The van der Waals surface area contributed by atoms with Gasteiger partial charge < -0.3 is 10.1 Å². The fourth-order valence-corrected chi connectivity index (χ4v) is 4.42. The molecule has 30 heavy (non-hydrogen) atoms. The van der Waals surface area contributed by atoms with Crippen LogP contribution in [0.25, 0.3) is 10.8 Å². The zero-order chi connectivity index (χ0) is 20.8. The summed E-state index contributed by atoms with van der Waals surface area (Å²) >= 11 is 0. The molecule has 1 amide bonds. The van der Waals surface area contributed by atoms with Gasteiger partial charge in [0.2, 0.25) is 5.91 Å². The number of carbonyl (C=O) groups is 1. The molecule has 1 aromatic heterocycles. The summed E-state index contributed by atoms with van der Waals surface area (Å²) in [6.45, 7) is 1.53. The van der Waals surface area contributed by atoms with Crippen molar-refractivity contribution in [1.82, 2.24) is 4.98 Å². The molecule has 0 atom stereocenters. The molecule has 0 bridgehead atoms. The van der Waals surface area contributed by atoms with Crippen LogP contribution in [0.3, 0.4) is 0 Å². The molecule has 1 saturated carbocycles. The summed E-state index contributed by atoms with van der Waals surface area (Å²) in [6.07, 6.45) is 12.4. The lowest BCUT2D eigenvalue weighted by atomic mass is 9.84. The van der Waals surface area contributed by atoms with E-state index in [1.54, 1.807) is 0 Å². The van der Waals surface area contributed by atoms with Crippen molar-refractivity contribution >= 4 is 22.4 Å². The fourth-order valence-electron chi connectivity index (χ4n) is 4.42. The lowest BCUT2D eigenvalue weighted by Gasteiger charge is -2.29. The number of nitrogens with one attached hydrogen (secondary N) is 1. The van der Waals surface area contributed by atoms with Gasteiger partial charge in [0.25, 0.3) is 0 Å². The van der Waals surface area contributed by atoms with Crippen LogP contribution in [0.1, 0.15) is 51.0 Å². The van der Waals surface area contributed by atoms with Gasteiger partial charge in [0.1, 0.15) is 5.75 Å². The van der Waals surface area contributed by atoms with E-state index in [9.17, 15) is 4.79 Å². The standard InChI is InChI=1S/C26H30N2O2/c1-19(29)28-24-10-5-20(6-11-24)3-2-4-21-7-12-25(13-8-21)30-26-14-9-23-18-27-16-15-22(23)17-26/h5-6,9-11,14-18,21,25H,2-4,7-8,12-13H2,1H3,(H,28,29). The van der Waals surface area contributed by atoms with E-state index in [0.717, 1.165) is 42.0 Å². The van der Waals surface area contributed by atoms with E-state index in [0.29, 0.717) is 6.10 Å². The van der Waals surface area contributed by atoms with Crippen molar-refractivity contribution in [3.63, 3.8) is 0 Å². The summed E-state index contributed by atoms with van der Waals surface area (Å²) in [5, 5.41) is 5.15. The highest BCUT2D eigenvalue weighted by atomic mass is 16.5. The number of ether oxygens (including phenoxy) is 1. The molecule has 1 aliphatic rings. The Bertz CT molecular complexity index is 976. The van der Waals surface area contributed by atoms with Gasteiger partial charge in [-0.15, -0.1) is 0 Å². The Morgan fingerprint density at radius 2 is 1.83 bits per heavy atom. The summed E-state index contributed by atoms with van der Waals surface area (Å²) in [6, 6.07) is 16.5. The van der Waals surface area contributed by atoms with Gasteiger partial charge in [-0.3, -0.25) is 9.78 Å². The Hall–Kier alpha value is -2.88. The quantitative estimate of drug-likeness (QED) is 0.515. The first kappa shape index (κ1) is 20.4. The third-order valence-electron chi connectivity index (χ3n) is 6.06. The van der Waals surface area contributed by atoms with E-state index in [-0.39, 0.29) is 5.91 Å². The van der Waals surface area contributed by atoms with Crippen LogP contribution in [-0.2, 0) is 11.2 Å². The van der Waals surface area contributed by atoms with Crippen LogP contribution in [0, 0.1) is 5.92 Å². The number of aryl methyl sites for hydroxylation is 1. The summed E-state index contributed by atoms with van der Waals surface area (Å²) in [5.74, 6) is 1.76. The van der Waals surface area contributed by atoms with Crippen LogP contribution in [0.2, 0.25) is 0 Å². The molecule has 4 rings (SSSR count). The largest absolute Gasteiger partial charge is 0.490 e. The number of pyridine rings is 1. The van der Waals surface area contributed by atoms with Gasteiger partial charge in [-0.2, -0.15) is 0 Å². The normalized spacial score (nSPS) is 18.8. The molecular weight excluding hydrogens is 372 g/mol. The molecule has 3 aromatic rings. The molecule has 4 heteroatoms. The SMILES string of the molecule is CC(=O)Nc1ccc(CCCC2CCC(Oc3ccc4cnccc4c3)CC2)cc1. The van der Waals surface area contributed by atoms with E-state index >= 15 is 0 Å². The Morgan fingerprint density at radius 3 is 2.60 bits per heavy atom. The molecule has 4 nitrogen and oxygen atoms in total. The van der Waals surface area contributed by atoms with Gasteiger partial charge in [-0.1, -0.05) is 18.6 Å². The van der Waals surface area contributed by atoms with Crippen molar-refractivity contribution in [2.45, 2.75) is 58.0 Å². The second kappa shape index (κ2) is 9.75. The average Bonchev–Trinajstić information content (AvgIpc) is 2.76. The van der Waals surface area contributed by atoms with Crippen molar-refractivity contribution in [2.24, 2.45) is 5.92 Å². The lowest BCUT2D eigenvalue weighted by Crippen LogP contribution is -2.24. The summed E-state index contributed by atoms with van der Waals surface area (Å²) in [5.41, 5.74) is 2.21. The Morgan fingerprint density at radius 1 is 1.03 bits per heavy atom. The second-order valence-corrected chi connectivity index (χ2v) is 8.42. The number of aromatic nitrogens is 1. The van der Waals surface area contributed by atoms with E-state index in [4.69, 9.17) is 4.74 Å². The molecule has 1 aliphatic carbocycles. The number of benzene rings is 2. The maximum absolute atomic E-state index is 11.1. The number of hydrogen-bond donors (Lipinski definition) is 1. The maximum atomic E-state index is 11.1. The minimum Gasteiger partial charge on any atom is -0.490 e. The van der Waals surface area contributed by atoms with Gasteiger partial charge in [-0.05, 0) is 91.8 Å². The first-order valence-corrected chi connectivity index (χ1v) is 11.0. The fraction of sp³-hybridized carbons (Fsp3) is 0.385. The first-order chi connectivity index (χ1) is 14.7. The van der Waals surface area contributed by atoms with Crippen molar-refractivity contribution in [3.05, 3.63) is 66.5 Å². The number of carbonyl (C=O) groups excluding carboxylic acids is 1. The molecule has 0 saturated heterocycles. The molecule has 0 aliphatic heterocycles. The van der Waals surface area contributed by atoms with Gasteiger partial charge >= 0.3 is 0 Å². The minimum atomic E-state index is -0.0275. The van der Waals surface area contributed by atoms with Gasteiger partial charge in [0.05, 0.1) is 6.10 Å². The van der Waals surface area contributed by atoms with Crippen LogP contribution < -0.4 is 10.1 Å². The Balaban J connectivity index is 1.18. The highest BCUT2D eigenvalue weighted by molar-refractivity contribution is 5.88. The molecule has 156 valence electrons. The van der Waals surface area contributed by atoms with Gasteiger partial charge in [0, 0.05) is 30.4 Å². The van der Waals surface area contributed by atoms with E-state index in [1.807, 2.05) is 30.6 Å². The number of fused-ring (bicyclic) bond motifs is 1. The molecule has 0 unspecified atom stereocenters. The van der Waals surface area contributed by atoms with Crippen LogP contribution in [0.15, 0.2) is 60.9 Å². The van der Waals surface area contributed by atoms with Crippen LogP contribution in [-0.4, -0.2) is 17.0 Å². The third kappa shape index (κ3) is 5.59. The molecule has 0 radical (unpaired) electrons. The number of anilines is 1. The van der Waals surface area contributed by atoms with Crippen molar-refractivity contribution in [3.8, 4) is 5.75 Å². The molecular formula is C26H30N2O2. The van der Waals surface area contributed by atoms with Crippen molar-refractivity contribution in [2.75, 3.05) is 5.32 Å². The monoisotopic (exact) mass is 402 g/mol. The van der Waals surface area contributed by atoms with Gasteiger partial charge in [-0.25, -0.2) is 0 Å². The number of rotatable bonds is 7. The number of hydrogen-bond acceptors (Lipinski definition) is 3. The van der Waals surface area contributed by atoms with E-state index in [2.05, 4.69) is 40.6 Å². The lowest BCUT2D eigenvalue weighted by molar-refractivity contribution is -0.114. The van der Waals surface area contributed by atoms with Crippen molar-refractivity contribution in [1.29, 1.82) is 0 Å². The summed E-state index contributed by atoms with van der Waals surface area (Å²) < 4.78 is 6.27. The number of amides is 1. The Labute approximate surface area is 178 Å². The predicted molar refractivity (Wildman–Crippen MR) is 122 cm³/mol. The van der Waals surface area contributed by atoms with Crippen LogP contribution >= 0.6 is 0 Å².